The number of nitrogens with zero attached hydrogens (tertiary/aromatic N) is 6. The average Bonchev–Trinajstić information content (AvgIpc) is 4.04. The Kier molecular flexibility index (Phi) is 9.91. The Morgan fingerprint density at radius 2 is 1.77 bits per heavy atom. The molecule has 57 heavy (non-hydrogen) atoms. The average molecular weight is 787 g/mol. The Morgan fingerprint density at radius 3 is 2.51 bits per heavy atom. The van der Waals surface area contributed by atoms with Crippen molar-refractivity contribution in [3.05, 3.63) is 118 Å². The lowest BCUT2D eigenvalue weighted by Gasteiger charge is -2.38. The van der Waals surface area contributed by atoms with Crippen LogP contribution in [0.4, 0.5) is 15.2 Å². The Labute approximate surface area is 333 Å². The smallest absolute Gasteiger partial charge is 0.255 e. The largest absolute Gasteiger partial charge is 0.371 e. The zero-order valence-electron chi connectivity index (χ0n) is 31.6. The van der Waals surface area contributed by atoms with Crippen molar-refractivity contribution in [3.63, 3.8) is 0 Å². The van der Waals surface area contributed by atoms with Gasteiger partial charge in [-0.3, -0.25) is 34.7 Å². The number of aryl methyl sites for hydroxylation is 1. The first-order chi connectivity index (χ1) is 27.7. The summed E-state index contributed by atoms with van der Waals surface area (Å²) in [5.41, 5.74) is 6.60. The number of thiazole rings is 1. The van der Waals surface area contributed by atoms with Gasteiger partial charge in [0.25, 0.3) is 11.8 Å². The van der Waals surface area contributed by atoms with Crippen LogP contribution in [0.15, 0.2) is 78.6 Å². The van der Waals surface area contributed by atoms with Crippen molar-refractivity contribution in [3.8, 4) is 11.1 Å². The highest BCUT2D eigenvalue weighted by atomic mass is 32.1. The Bertz CT molecular complexity index is 2340. The number of carbonyl (C=O) groups is 4. The molecule has 4 aliphatic heterocycles. The van der Waals surface area contributed by atoms with E-state index in [-0.39, 0.29) is 35.4 Å². The lowest BCUT2D eigenvalue weighted by atomic mass is 9.90. The molecule has 4 amide bonds. The number of anilines is 2. The standard InChI is InChI=1S/C43H43FN8O4S/c1-49(23-26-4-6-28(7-5-26)32-12-13-37(53)47-40(32)54)30-14-18-50(19-15-30)31-10-8-27(9-11-31)29-21-33-34(35(44)22-29)24-52(42(33)56)39(41(55)48-43-45-16-20-57-43)38-36-3-2-17-51(36)25-46-38/h4-11,16,20-22,25,30,32,39H,2-3,12-15,17-19,23-24H2,1H3,(H,45,48,55)(H,47,53,54). The molecule has 2 atom stereocenters. The van der Waals surface area contributed by atoms with Crippen molar-refractivity contribution >= 4 is 45.8 Å². The molecule has 2 saturated heterocycles. The predicted octanol–water partition coefficient (Wildman–Crippen LogP) is 6.05. The van der Waals surface area contributed by atoms with Crippen LogP contribution in [0.5, 0.6) is 0 Å². The molecule has 5 aromatic rings. The molecule has 0 radical (unpaired) electrons. The normalized spacial score (nSPS) is 18.9. The van der Waals surface area contributed by atoms with E-state index in [0.717, 1.165) is 74.4 Å². The Morgan fingerprint density at radius 1 is 0.982 bits per heavy atom. The zero-order valence-corrected chi connectivity index (χ0v) is 32.4. The summed E-state index contributed by atoms with van der Waals surface area (Å²) in [6.45, 7) is 3.37. The molecule has 6 heterocycles. The molecule has 0 bridgehead atoms. The van der Waals surface area contributed by atoms with E-state index < -0.39 is 23.7 Å². The summed E-state index contributed by atoms with van der Waals surface area (Å²) >= 11 is 1.29. The van der Waals surface area contributed by atoms with Crippen LogP contribution >= 0.6 is 11.3 Å². The number of piperidine rings is 2. The second-order valence-corrected chi connectivity index (χ2v) is 16.3. The van der Waals surface area contributed by atoms with Crippen LogP contribution in [-0.4, -0.2) is 74.1 Å². The Hall–Kier alpha value is -5.73. The molecule has 3 aromatic carbocycles. The minimum Gasteiger partial charge on any atom is -0.371 e. The summed E-state index contributed by atoms with van der Waals surface area (Å²) in [5.74, 6) is -2.00. The third-order valence-corrected chi connectivity index (χ3v) is 12.7. The van der Waals surface area contributed by atoms with Crippen molar-refractivity contribution in [1.29, 1.82) is 0 Å². The molecule has 0 spiro atoms. The molecule has 2 N–H and O–H groups in total. The molecule has 4 aliphatic rings. The predicted molar refractivity (Wildman–Crippen MR) is 214 cm³/mol. The van der Waals surface area contributed by atoms with Gasteiger partial charge >= 0.3 is 0 Å². The van der Waals surface area contributed by atoms with Crippen LogP contribution in [0.2, 0.25) is 0 Å². The van der Waals surface area contributed by atoms with Crippen LogP contribution in [0, 0.1) is 5.82 Å². The van der Waals surface area contributed by atoms with Crippen LogP contribution < -0.4 is 15.5 Å². The number of rotatable bonds is 10. The summed E-state index contributed by atoms with van der Waals surface area (Å²) in [5, 5.41) is 7.48. The first-order valence-corrected chi connectivity index (χ1v) is 20.4. The van der Waals surface area contributed by atoms with Gasteiger partial charge in [-0.05, 0) is 85.7 Å². The van der Waals surface area contributed by atoms with Gasteiger partial charge < -0.3 is 14.4 Å². The van der Waals surface area contributed by atoms with Crippen molar-refractivity contribution in [2.24, 2.45) is 0 Å². The maximum Gasteiger partial charge on any atom is 0.255 e. The number of imidazole rings is 1. The number of hydrogen-bond donors (Lipinski definition) is 2. The number of benzene rings is 3. The van der Waals surface area contributed by atoms with Gasteiger partial charge in [-0.25, -0.2) is 14.4 Å². The van der Waals surface area contributed by atoms with Gasteiger partial charge in [-0.2, -0.15) is 0 Å². The van der Waals surface area contributed by atoms with E-state index in [2.05, 4.69) is 61.7 Å². The number of nitrogens with one attached hydrogen (secondary N) is 2. The second kappa shape index (κ2) is 15.3. The number of fused-ring (bicyclic) bond motifs is 2. The molecule has 12 nitrogen and oxygen atoms in total. The summed E-state index contributed by atoms with van der Waals surface area (Å²) in [6, 6.07) is 18.9. The van der Waals surface area contributed by atoms with Gasteiger partial charge in [0.2, 0.25) is 11.8 Å². The van der Waals surface area contributed by atoms with E-state index in [4.69, 9.17) is 0 Å². The minimum absolute atomic E-state index is 0.0382. The number of carbonyl (C=O) groups excluding carboxylic acids is 4. The lowest BCUT2D eigenvalue weighted by molar-refractivity contribution is -0.134. The number of imide groups is 1. The molecule has 2 aromatic heterocycles. The maximum absolute atomic E-state index is 15.9. The van der Waals surface area contributed by atoms with E-state index in [1.165, 1.54) is 27.9 Å². The zero-order chi connectivity index (χ0) is 39.2. The summed E-state index contributed by atoms with van der Waals surface area (Å²) in [7, 11) is 2.16. The topological polar surface area (TPSA) is 133 Å². The van der Waals surface area contributed by atoms with Crippen molar-refractivity contribution < 1.29 is 23.6 Å². The monoisotopic (exact) mass is 786 g/mol. The third-order valence-electron chi connectivity index (χ3n) is 12.0. The van der Waals surface area contributed by atoms with Gasteiger partial charge in [0, 0.05) is 72.7 Å². The molecular formula is C43H43FN8O4S. The lowest BCUT2D eigenvalue weighted by Crippen LogP contribution is -2.43. The molecule has 9 rings (SSSR count). The number of halogens is 1. The summed E-state index contributed by atoms with van der Waals surface area (Å²) in [4.78, 5) is 66.7. The van der Waals surface area contributed by atoms with E-state index in [1.807, 2.05) is 28.8 Å². The first kappa shape index (κ1) is 36.9. The van der Waals surface area contributed by atoms with E-state index >= 15 is 4.39 Å². The molecule has 0 saturated carbocycles. The fourth-order valence-electron chi connectivity index (χ4n) is 8.88. The second-order valence-electron chi connectivity index (χ2n) is 15.4. The molecule has 292 valence electrons. The highest BCUT2D eigenvalue weighted by Crippen LogP contribution is 2.38. The minimum atomic E-state index is -1.03. The summed E-state index contributed by atoms with van der Waals surface area (Å²) in [6.07, 6.45) is 7.93. The van der Waals surface area contributed by atoms with Gasteiger partial charge in [0.15, 0.2) is 11.2 Å². The van der Waals surface area contributed by atoms with Crippen LogP contribution in [-0.2, 0) is 40.4 Å². The van der Waals surface area contributed by atoms with Crippen molar-refractivity contribution in [1.82, 2.24) is 29.7 Å². The number of amides is 4. The molecule has 2 unspecified atom stereocenters. The highest BCUT2D eigenvalue weighted by molar-refractivity contribution is 7.13. The van der Waals surface area contributed by atoms with Crippen molar-refractivity contribution in [2.45, 2.75) is 76.2 Å². The highest BCUT2D eigenvalue weighted by Gasteiger charge is 2.42. The SMILES string of the molecule is CN(Cc1ccc(C2CCC(=O)NC2=O)cc1)C1CCN(c2ccc(-c3cc(F)c4c(c3)C(=O)N(C(C(=O)Nc3nccs3)c3ncn5c3CCC5)C4)cc2)CC1. The maximum atomic E-state index is 15.9. The van der Waals surface area contributed by atoms with E-state index in [0.29, 0.717) is 35.3 Å². The van der Waals surface area contributed by atoms with Crippen LogP contribution in [0.3, 0.4) is 0 Å². The first-order valence-electron chi connectivity index (χ1n) is 19.6. The van der Waals surface area contributed by atoms with Crippen LogP contribution in [0.1, 0.15) is 82.5 Å². The molecule has 14 heteroatoms. The van der Waals surface area contributed by atoms with Gasteiger partial charge in [-0.1, -0.05) is 36.4 Å². The Balaban J connectivity index is 0.844. The van der Waals surface area contributed by atoms with Gasteiger partial charge in [0.1, 0.15) is 5.82 Å². The fraction of sp³-hybridized carbons (Fsp3) is 0.349. The fourth-order valence-corrected chi connectivity index (χ4v) is 9.41. The third kappa shape index (κ3) is 7.23. The number of hydrogen-bond acceptors (Lipinski definition) is 9. The molecule has 0 aliphatic carbocycles. The van der Waals surface area contributed by atoms with Gasteiger partial charge in [0.05, 0.1) is 24.5 Å². The van der Waals surface area contributed by atoms with Crippen molar-refractivity contribution in [2.75, 3.05) is 30.4 Å². The van der Waals surface area contributed by atoms with E-state index in [1.54, 1.807) is 24.0 Å². The molecular weight excluding hydrogens is 744 g/mol. The quantitative estimate of drug-likeness (QED) is 0.164. The molecule has 2 fully saturated rings. The van der Waals surface area contributed by atoms with E-state index in [9.17, 15) is 19.2 Å². The number of aromatic nitrogens is 3. The van der Waals surface area contributed by atoms with Gasteiger partial charge in [-0.15, -0.1) is 11.3 Å². The summed E-state index contributed by atoms with van der Waals surface area (Å²) < 4.78 is 17.9. The van der Waals surface area contributed by atoms with Crippen LogP contribution in [0.25, 0.3) is 11.1 Å².